The lowest BCUT2D eigenvalue weighted by Gasteiger charge is -2.03. The largest absolute Gasteiger partial charge is 0.287 e. The monoisotopic (exact) mass is 299 g/mol. The average molecular weight is 301 g/mol. The quantitative estimate of drug-likeness (QED) is 0.801. The predicted molar refractivity (Wildman–Crippen MR) is 63.6 cm³/mol. The van der Waals surface area contributed by atoms with Crippen molar-refractivity contribution in [1.29, 1.82) is 0 Å². The van der Waals surface area contributed by atoms with Gasteiger partial charge in [-0.1, -0.05) is 32.7 Å². The van der Waals surface area contributed by atoms with Gasteiger partial charge in [0.2, 0.25) is 5.78 Å². The summed E-state index contributed by atoms with van der Waals surface area (Å²) in [6, 6.07) is 5.06. The van der Waals surface area contributed by atoms with Crippen LogP contribution in [-0.4, -0.2) is 20.8 Å². The van der Waals surface area contributed by atoms with Crippen molar-refractivity contribution in [3.63, 3.8) is 0 Å². The van der Waals surface area contributed by atoms with Gasteiger partial charge < -0.3 is 0 Å². The number of ketones is 1. The van der Waals surface area contributed by atoms with Gasteiger partial charge in [0.15, 0.2) is 0 Å². The van der Waals surface area contributed by atoms with E-state index in [9.17, 15) is 4.79 Å². The fourth-order valence-electron chi connectivity index (χ4n) is 1.30. The topological polar surface area (TPSA) is 47.8 Å². The summed E-state index contributed by atoms with van der Waals surface area (Å²) in [5.41, 5.74) is 0.917. The molecule has 0 radical (unpaired) electrons. The first-order chi connectivity index (χ1) is 7.59. The molecular weight excluding hydrogens is 293 g/mol. The van der Waals surface area contributed by atoms with Crippen molar-refractivity contribution < 1.29 is 4.79 Å². The molecule has 1 aromatic carbocycles. The molecule has 0 aliphatic carbocycles. The Morgan fingerprint density at radius 2 is 2.25 bits per heavy atom. The van der Waals surface area contributed by atoms with Crippen LogP contribution in [0.1, 0.15) is 16.1 Å². The summed E-state index contributed by atoms with van der Waals surface area (Å²) < 4.78 is 2.12. The lowest BCUT2D eigenvalue weighted by molar-refractivity contribution is 0.102. The van der Waals surface area contributed by atoms with Gasteiger partial charge in [0.05, 0.1) is 6.20 Å². The van der Waals surface area contributed by atoms with Crippen LogP contribution in [0, 0.1) is 0 Å². The van der Waals surface area contributed by atoms with E-state index < -0.39 is 0 Å². The van der Waals surface area contributed by atoms with Crippen LogP contribution in [0.5, 0.6) is 0 Å². The molecule has 2 aromatic rings. The predicted octanol–water partition coefficient (Wildman–Crippen LogP) is 2.46. The van der Waals surface area contributed by atoms with Crippen LogP contribution in [0.4, 0.5) is 0 Å². The van der Waals surface area contributed by atoms with Gasteiger partial charge in [0, 0.05) is 22.1 Å². The molecule has 2 rings (SSSR count). The standard InChI is InChI=1S/C10H7BrClN3O/c1-15-9(5-13-14-15)10(16)7-4-6(12)2-3-8(7)11/h2-5H,1H3. The zero-order valence-corrected chi connectivity index (χ0v) is 10.7. The summed E-state index contributed by atoms with van der Waals surface area (Å²) in [6.07, 6.45) is 1.43. The van der Waals surface area contributed by atoms with Crippen LogP contribution in [0.3, 0.4) is 0 Å². The molecule has 0 bridgehead atoms. The molecular formula is C10H7BrClN3O. The average Bonchev–Trinajstić information content (AvgIpc) is 2.67. The van der Waals surface area contributed by atoms with E-state index in [0.717, 1.165) is 0 Å². The fourth-order valence-corrected chi connectivity index (χ4v) is 1.90. The molecule has 0 saturated carbocycles. The second-order valence-corrected chi connectivity index (χ2v) is 4.49. The van der Waals surface area contributed by atoms with Crippen molar-refractivity contribution in [2.75, 3.05) is 0 Å². The van der Waals surface area contributed by atoms with E-state index in [1.165, 1.54) is 10.9 Å². The molecule has 0 spiro atoms. The van der Waals surface area contributed by atoms with E-state index in [2.05, 4.69) is 26.2 Å². The van der Waals surface area contributed by atoms with Gasteiger partial charge in [-0.25, -0.2) is 4.68 Å². The second kappa shape index (κ2) is 4.35. The smallest absolute Gasteiger partial charge is 0.213 e. The highest BCUT2D eigenvalue weighted by atomic mass is 79.9. The first kappa shape index (κ1) is 11.3. The van der Waals surface area contributed by atoms with Gasteiger partial charge in [-0.2, -0.15) is 0 Å². The number of hydrogen-bond donors (Lipinski definition) is 0. The number of hydrogen-bond acceptors (Lipinski definition) is 3. The Hall–Kier alpha value is -1.20. The van der Waals surface area contributed by atoms with Crippen LogP contribution >= 0.6 is 27.5 Å². The summed E-state index contributed by atoms with van der Waals surface area (Å²) in [7, 11) is 1.67. The zero-order valence-electron chi connectivity index (χ0n) is 8.32. The van der Waals surface area contributed by atoms with Crippen molar-refractivity contribution in [2.45, 2.75) is 0 Å². The van der Waals surface area contributed by atoms with Crippen LogP contribution < -0.4 is 0 Å². The highest BCUT2D eigenvalue weighted by Gasteiger charge is 2.16. The molecule has 1 aromatic heterocycles. The van der Waals surface area contributed by atoms with E-state index in [4.69, 9.17) is 11.6 Å². The maximum Gasteiger partial charge on any atom is 0.213 e. The zero-order chi connectivity index (χ0) is 11.7. The lowest BCUT2D eigenvalue weighted by atomic mass is 10.1. The van der Waals surface area contributed by atoms with Crippen LogP contribution in [0.2, 0.25) is 5.02 Å². The van der Waals surface area contributed by atoms with E-state index in [-0.39, 0.29) is 5.78 Å². The number of benzene rings is 1. The SMILES string of the molecule is Cn1nncc1C(=O)c1cc(Cl)ccc1Br. The first-order valence-electron chi connectivity index (χ1n) is 4.44. The van der Waals surface area contributed by atoms with Crippen LogP contribution in [0.25, 0.3) is 0 Å². The minimum absolute atomic E-state index is 0.165. The van der Waals surface area contributed by atoms with Crippen molar-refractivity contribution in [2.24, 2.45) is 7.05 Å². The summed E-state index contributed by atoms with van der Waals surface area (Å²) in [4.78, 5) is 12.1. The molecule has 1 heterocycles. The molecule has 4 nitrogen and oxygen atoms in total. The summed E-state index contributed by atoms with van der Waals surface area (Å²) in [6.45, 7) is 0. The molecule has 0 saturated heterocycles. The summed E-state index contributed by atoms with van der Waals surface area (Å²) in [5.74, 6) is -0.165. The Labute approximate surface area is 105 Å². The van der Waals surface area contributed by atoms with Crippen LogP contribution in [0.15, 0.2) is 28.9 Å². The second-order valence-electron chi connectivity index (χ2n) is 3.20. The maximum absolute atomic E-state index is 12.1. The highest BCUT2D eigenvalue weighted by molar-refractivity contribution is 9.10. The van der Waals surface area contributed by atoms with E-state index in [1.54, 1.807) is 25.2 Å². The molecule has 82 valence electrons. The molecule has 0 aliphatic rings. The molecule has 0 fully saturated rings. The Morgan fingerprint density at radius 3 is 2.88 bits per heavy atom. The van der Waals surface area contributed by atoms with Crippen molar-refractivity contribution in [1.82, 2.24) is 15.0 Å². The number of carbonyl (C=O) groups excluding carboxylic acids is 1. The normalized spacial score (nSPS) is 10.4. The number of nitrogens with zero attached hydrogens (tertiary/aromatic N) is 3. The third-order valence-corrected chi connectivity index (χ3v) is 3.05. The Morgan fingerprint density at radius 1 is 1.50 bits per heavy atom. The Kier molecular flexibility index (Phi) is 3.07. The summed E-state index contributed by atoms with van der Waals surface area (Å²) >= 11 is 9.16. The number of halogens is 2. The highest BCUT2D eigenvalue weighted by Crippen LogP contribution is 2.23. The Balaban J connectivity index is 2.49. The van der Waals surface area contributed by atoms with Crippen molar-refractivity contribution in [3.05, 3.63) is 45.1 Å². The van der Waals surface area contributed by atoms with E-state index >= 15 is 0 Å². The lowest BCUT2D eigenvalue weighted by Crippen LogP contribution is -2.08. The molecule has 6 heteroatoms. The number of carbonyl (C=O) groups is 1. The van der Waals surface area contributed by atoms with Crippen LogP contribution in [-0.2, 0) is 7.05 Å². The number of rotatable bonds is 2. The van der Waals surface area contributed by atoms with Gasteiger partial charge in [-0.3, -0.25) is 4.79 Å². The van der Waals surface area contributed by atoms with E-state index in [1.807, 2.05) is 0 Å². The molecule has 0 atom stereocenters. The molecule has 0 unspecified atom stereocenters. The summed E-state index contributed by atoms with van der Waals surface area (Å²) in [5, 5.41) is 7.89. The third kappa shape index (κ3) is 2.01. The third-order valence-electron chi connectivity index (χ3n) is 2.12. The Bertz CT molecular complexity index is 553. The molecule has 0 amide bonds. The molecule has 0 aliphatic heterocycles. The number of aromatic nitrogens is 3. The van der Waals surface area contributed by atoms with Crippen molar-refractivity contribution in [3.8, 4) is 0 Å². The minimum atomic E-state index is -0.165. The minimum Gasteiger partial charge on any atom is -0.287 e. The number of aryl methyl sites for hydroxylation is 1. The van der Waals surface area contributed by atoms with Gasteiger partial charge in [-0.15, -0.1) is 5.10 Å². The maximum atomic E-state index is 12.1. The van der Waals surface area contributed by atoms with Gasteiger partial charge in [-0.05, 0) is 18.2 Å². The van der Waals surface area contributed by atoms with Gasteiger partial charge in [0.1, 0.15) is 5.69 Å². The van der Waals surface area contributed by atoms with Gasteiger partial charge >= 0.3 is 0 Å². The fraction of sp³-hybridized carbons (Fsp3) is 0.100. The first-order valence-corrected chi connectivity index (χ1v) is 5.61. The molecule has 0 N–H and O–H groups in total. The van der Waals surface area contributed by atoms with Crippen molar-refractivity contribution >= 4 is 33.3 Å². The van der Waals surface area contributed by atoms with E-state index in [0.29, 0.717) is 20.8 Å². The molecule has 16 heavy (non-hydrogen) atoms. The van der Waals surface area contributed by atoms with Gasteiger partial charge in [0.25, 0.3) is 0 Å².